The fraction of sp³-hybridized carbons (Fsp3) is 0.548. The largest absolute Gasteiger partial charge is 0.494 e. The molecular weight excluding hydrogens is 420 g/mol. The molecule has 0 aromatic heterocycles. The number of rotatable bonds is 14. The highest BCUT2D eigenvalue weighted by molar-refractivity contribution is 6.03. The van der Waals surface area contributed by atoms with Crippen molar-refractivity contribution in [2.45, 2.75) is 90.9 Å². The van der Waals surface area contributed by atoms with Crippen LogP contribution in [-0.2, 0) is 16.0 Å². The molecule has 184 valence electrons. The number of hydrogen-bond acceptors (Lipinski definition) is 3. The molecule has 2 unspecified atom stereocenters. The van der Waals surface area contributed by atoms with Crippen LogP contribution in [-0.4, -0.2) is 18.2 Å². The molecule has 2 atom stereocenters. The van der Waals surface area contributed by atoms with Crippen LogP contribution in [0.1, 0.15) is 90.0 Å². The summed E-state index contributed by atoms with van der Waals surface area (Å²) in [6.07, 6.45) is 12.5. The van der Waals surface area contributed by atoms with E-state index in [1.165, 1.54) is 32.1 Å². The van der Waals surface area contributed by atoms with E-state index in [1.807, 2.05) is 24.3 Å². The van der Waals surface area contributed by atoms with E-state index in [9.17, 15) is 9.59 Å². The molecule has 0 saturated heterocycles. The molecule has 2 aromatic rings. The Morgan fingerprint density at radius 1 is 0.824 bits per heavy atom. The van der Waals surface area contributed by atoms with Crippen molar-refractivity contribution in [3.05, 3.63) is 54.1 Å². The first-order chi connectivity index (χ1) is 16.6. The van der Waals surface area contributed by atoms with Crippen molar-refractivity contribution in [1.29, 1.82) is 0 Å². The van der Waals surface area contributed by atoms with E-state index in [-0.39, 0.29) is 11.6 Å². The van der Waals surface area contributed by atoms with Crippen molar-refractivity contribution in [2.24, 2.45) is 11.8 Å². The number of carbonyl (C=O) groups is 2. The summed E-state index contributed by atoms with van der Waals surface area (Å²) in [6.45, 7) is 5.17. The lowest BCUT2D eigenvalue weighted by atomic mass is 9.76. The molecule has 0 radical (unpaired) electrons. The summed E-state index contributed by atoms with van der Waals surface area (Å²) in [5.74, 6) is 1.24. The molecule has 0 aliphatic heterocycles. The van der Waals surface area contributed by atoms with Crippen LogP contribution < -0.4 is 4.74 Å². The highest BCUT2D eigenvalue weighted by Gasteiger charge is 2.32. The molecular formula is C31H42O3. The number of benzene rings is 2. The predicted molar refractivity (Wildman–Crippen MR) is 140 cm³/mol. The molecule has 0 N–H and O–H groups in total. The van der Waals surface area contributed by atoms with Crippen molar-refractivity contribution in [3.63, 3.8) is 0 Å². The molecule has 0 amide bonds. The van der Waals surface area contributed by atoms with Crippen LogP contribution in [0.5, 0.6) is 5.75 Å². The minimum atomic E-state index is -0.392. The third-order valence-corrected chi connectivity index (χ3v) is 7.11. The molecule has 3 rings (SSSR count). The molecule has 0 bridgehead atoms. The van der Waals surface area contributed by atoms with Gasteiger partial charge in [0.1, 0.15) is 17.3 Å². The molecule has 1 aliphatic rings. The second-order valence-electron chi connectivity index (χ2n) is 9.94. The lowest BCUT2D eigenvalue weighted by Gasteiger charge is -2.26. The van der Waals surface area contributed by atoms with Gasteiger partial charge in [-0.05, 0) is 54.0 Å². The first-order valence-corrected chi connectivity index (χ1v) is 13.5. The SMILES string of the molecule is CCCCCCCCOc1ccc(-c2ccc(CC(=O)C3CCC(CCC)CC3=O)cc2)cc1. The van der Waals surface area contributed by atoms with Gasteiger partial charge in [0.05, 0.1) is 12.5 Å². The number of carbonyl (C=O) groups excluding carboxylic acids is 2. The molecule has 3 nitrogen and oxygen atoms in total. The third-order valence-electron chi connectivity index (χ3n) is 7.11. The number of ketones is 2. The van der Waals surface area contributed by atoms with Crippen LogP contribution in [0, 0.1) is 11.8 Å². The first kappa shape index (κ1) is 26.2. The van der Waals surface area contributed by atoms with Gasteiger partial charge in [-0.3, -0.25) is 9.59 Å². The number of Topliss-reactive ketones (excluding diaryl/α,β-unsaturated/α-hetero) is 2. The monoisotopic (exact) mass is 462 g/mol. The fourth-order valence-electron chi connectivity index (χ4n) is 5.04. The van der Waals surface area contributed by atoms with E-state index in [4.69, 9.17) is 4.74 Å². The Balaban J connectivity index is 1.45. The van der Waals surface area contributed by atoms with Gasteiger partial charge in [0.15, 0.2) is 0 Å². The molecule has 1 aliphatic carbocycles. The fourth-order valence-corrected chi connectivity index (χ4v) is 5.04. The second-order valence-corrected chi connectivity index (χ2v) is 9.94. The van der Waals surface area contributed by atoms with Gasteiger partial charge >= 0.3 is 0 Å². The van der Waals surface area contributed by atoms with E-state index < -0.39 is 5.92 Å². The first-order valence-electron chi connectivity index (χ1n) is 13.5. The van der Waals surface area contributed by atoms with Gasteiger partial charge < -0.3 is 4.74 Å². The van der Waals surface area contributed by atoms with Gasteiger partial charge in [-0.2, -0.15) is 0 Å². The number of ether oxygens (including phenoxy) is 1. The van der Waals surface area contributed by atoms with Crippen molar-refractivity contribution < 1.29 is 14.3 Å². The van der Waals surface area contributed by atoms with E-state index in [1.54, 1.807) is 0 Å². The smallest absolute Gasteiger partial charge is 0.147 e. The zero-order valence-corrected chi connectivity index (χ0v) is 21.2. The maximum Gasteiger partial charge on any atom is 0.147 e. The molecule has 1 saturated carbocycles. The van der Waals surface area contributed by atoms with Gasteiger partial charge in [-0.15, -0.1) is 0 Å². The van der Waals surface area contributed by atoms with Crippen molar-refractivity contribution in [2.75, 3.05) is 6.61 Å². The van der Waals surface area contributed by atoms with Crippen molar-refractivity contribution in [3.8, 4) is 16.9 Å². The van der Waals surface area contributed by atoms with Crippen LogP contribution in [0.25, 0.3) is 11.1 Å². The zero-order valence-electron chi connectivity index (χ0n) is 21.2. The zero-order chi connectivity index (χ0) is 24.2. The van der Waals surface area contributed by atoms with Crippen molar-refractivity contribution >= 4 is 11.6 Å². The summed E-state index contributed by atoms with van der Waals surface area (Å²) in [4.78, 5) is 25.3. The normalized spacial score (nSPS) is 18.1. The average Bonchev–Trinajstić information content (AvgIpc) is 2.84. The second kappa shape index (κ2) is 14.1. The van der Waals surface area contributed by atoms with E-state index >= 15 is 0 Å². The van der Waals surface area contributed by atoms with Gasteiger partial charge in [-0.25, -0.2) is 0 Å². The standard InChI is InChI=1S/C31H42O3/c1-3-5-6-7-8-9-21-34-28-18-16-27(17-19-28)26-14-11-25(12-15-26)23-31(33)29-20-13-24(10-4-2)22-30(29)32/h11-12,14-19,24,29H,3-10,13,20-23H2,1-2H3. The summed E-state index contributed by atoms with van der Waals surface area (Å²) in [6, 6.07) is 16.4. The summed E-state index contributed by atoms with van der Waals surface area (Å²) in [5.41, 5.74) is 3.24. The Labute approximate surface area is 206 Å². The molecule has 3 heteroatoms. The minimum absolute atomic E-state index is 0.0829. The van der Waals surface area contributed by atoms with E-state index in [2.05, 4.69) is 38.1 Å². The van der Waals surface area contributed by atoms with Crippen LogP contribution >= 0.6 is 0 Å². The maximum atomic E-state index is 12.8. The molecule has 0 spiro atoms. The maximum absolute atomic E-state index is 12.8. The Kier molecular flexibility index (Phi) is 10.9. The topological polar surface area (TPSA) is 43.4 Å². The van der Waals surface area contributed by atoms with E-state index in [0.717, 1.165) is 61.2 Å². The summed E-state index contributed by atoms with van der Waals surface area (Å²) in [7, 11) is 0. The molecule has 34 heavy (non-hydrogen) atoms. The highest BCUT2D eigenvalue weighted by atomic mass is 16.5. The minimum Gasteiger partial charge on any atom is -0.494 e. The van der Waals surface area contributed by atoms with E-state index in [0.29, 0.717) is 18.8 Å². The number of hydrogen-bond donors (Lipinski definition) is 0. The Hall–Kier alpha value is -2.42. The average molecular weight is 463 g/mol. The summed E-state index contributed by atoms with van der Waals surface area (Å²) >= 11 is 0. The quantitative estimate of drug-likeness (QED) is 0.211. The Morgan fingerprint density at radius 2 is 1.47 bits per heavy atom. The van der Waals surface area contributed by atoms with Gasteiger partial charge in [-0.1, -0.05) is 95.2 Å². The van der Waals surface area contributed by atoms with Crippen molar-refractivity contribution in [1.82, 2.24) is 0 Å². The van der Waals surface area contributed by atoms with Gasteiger partial charge in [0.25, 0.3) is 0 Å². The summed E-state index contributed by atoms with van der Waals surface area (Å²) in [5, 5.41) is 0. The van der Waals surface area contributed by atoms with Crippen LogP contribution in [0.3, 0.4) is 0 Å². The van der Waals surface area contributed by atoms with Gasteiger partial charge in [0, 0.05) is 12.8 Å². The Bertz CT molecular complexity index is 882. The van der Waals surface area contributed by atoms with Crippen LogP contribution in [0.15, 0.2) is 48.5 Å². The van der Waals surface area contributed by atoms with Crippen LogP contribution in [0.4, 0.5) is 0 Å². The third kappa shape index (κ3) is 8.11. The number of unbranched alkanes of at least 4 members (excludes halogenated alkanes) is 5. The molecule has 0 heterocycles. The lowest BCUT2D eigenvalue weighted by molar-refractivity contribution is -0.135. The molecule has 2 aromatic carbocycles. The molecule has 1 fully saturated rings. The Morgan fingerprint density at radius 3 is 2.12 bits per heavy atom. The van der Waals surface area contributed by atoms with Crippen LogP contribution in [0.2, 0.25) is 0 Å². The van der Waals surface area contributed by atoms with Gasteiger partial charge in [0.2, 0.25) is 0 Å². The summed E-state index contributed by atoms with van der Waals surface area (Å²) < 4.78 is 5.89. The predicted octanol–water partition coefficient (Wildman–Crippen LogP) is 7.99. The highest BCUT2D eigenvalue weighted by Crippen LogP contribution is 2.30. The lowest BCUT2D eigenvalue weighted by Crippen LogP contribution is -2.31.